The van der Waals surface area contributed by atoms with Gasteiger partial charge in [-0.3, -0.25) is 4.79 Å². The van der Waals surface area contributed by atoms with Crippen LogP contribution in [0.4, 0.5) is 10.1 Å². The Balaban J connectivity index is 2.03. The van der Waals surface area contributed by atoms with E-state index in [9.17, 15) is 14.0 Å². The summed E-state index contributed by atoms with van der Waals surface area (Å²) in [5.41, 5.74) is 1.47. The highest BCUT2D eigenvalue weighted by Crippen LogP contribution is 2.30. The van der Waals surface area contributed by atoms with Crippen molar-refractivity contribution in [3.63, 3.8) is 0 Å². The lowest BCUT2D eigenvalue weighted by molar-refractivity contribution is 0.0692. The van der Waals surface area contributed by atoms with Crippen molar-refractivity contribution in [3.8, 4) is 0 Å². The molecule has 0 atom stereocenters. The minimum atomic E-state index is -1.15. The minimum Gasteiger partial charge on any atom is -0.478 e. The molecule has 1 amide bonds. The van der Waals surface area contributed by atoms with Gasteiger partial charge in [-0.05, 0) is 36.2 Å². The molecule has 5 heteroatoms. The average molecular weight is 285 g/mol. The molecule has 2 aromatic carbocycles. The molecule has 1 aliphatic heterocycles. The van der Waals surface area contributed by atoms with Gasteiger partial charge in [-0.2, -0.15) is 0 Å². The number of hydrogen-bond donors (Lipinski definition) is 1. The van der Waals surface area contributed by atoms with Crippen molar-refractivity contribution in [1.29, 1.82) is 0 Å². The summed E-state index contributed by atoms with van der Waals surface area (Å²) in [6, 6.07) is 10.4. The number of carbonyl (C=O) groups excluding carboxylic acids is 1. The number of fused-ring (bicyclic) bond motifs is 1. The molecule has 0 fully saturated rings. The van der Waals surface area contributed by atoms with Crippen molar-refractivity contribution in [2.45, 2.75) is 6.42 Å². The number of amides is 1. The van der Waals surface area contributed by atoms with Crippen LogP contribution in [0, 0.1) is 5.82 Å². The SMILES string of the molecule is O=C(O)c1ccccc1C(=O)N1CCc2ccc(F)cc21. The molecular formula is C16H12FNO3. The fraction of sp³-hybridized carbons (Fsp3) is 0.125. The first-order valence-electron chi connectivity index (χ1n) is 6.50. The predicted molar refractivity (Wildman–Crippen MR) is 75.2 cm³/mol. The third-order valence-electron chi connectivity index (χ3n) is 3.58. The molecule has 2 aromatic rings. The molecule has 1 N–H and O–H groups in total. The zero-order chi connectivity index (χ0) is 15.0. The number of nitrogens with zero attached hydrogens (tertiary/aromatic N) is 1. The van der Waals surface area contributed by atoms with E-state index in [4.69, 9.17) is 5.11 Å². The van der Waals surface area contributed by atoms with Crippen LogP contribution in [0.2, 0.25) is 0 Å². The summed E-state index contributed by atoms with van der Waals surface area (Å²) in [4.78, 5) is 25.2. The van der Waals surface area contributed by atoms with E-state index in [1.165, 1.54) is 29.2 Å². The second kappa shape index (κ2) is 5.01. The van der Waals surface area contributed by atoms with Crippen molar-refractivity contribution >= 4 is 17.6 Å². The van der Waals surface area contributed by atoms with Crippen LogP contribution in [0.25, 0.3) is 0 Å². The normalized spacial score (nSPS) is 13.1. The highest BCUT2D eigenvalue weighted by Gasteiger charge is 2.28. The Morgan fingerprint density at radius 1 is 1.10 bits per heavy atom. The highest BCUT2D eigenvalue weighted by molar-refractivity contribution is 6.12. The zero-order valence-corrected chi connectivity index (χ0v) is 11.0. The molecule has 0 saturated heterocycles. The lowest BCUT2D eigenvalue weighted by Gasteiger charge is -2.18. The summed E-state index contributed by atoms with van der Waals surface area (Å²) < 4.78 is 13.4. The van der Waals surface area contributed by atoms with Crippen LogP contribution in [0.5, 0.6) is 0 Å². The maximum Gasteiger partial charge on any atom is 0.336 e. The molecule has 0 spiro atoms. The fourth-order valence-corrected chi connectivity index (χ4v) is 2.56. The topological polar surface area (TPSA) is 57.6 Å². The van der Waals surface area contributed by atoms with Gasteiger partial charge in [0, 0.05) is 6.54 Å². The third-order valence-corrected chi connectivity index (χ3v) is 3.58. The molecule has 0 radical (unpaired) electrons. The van der Waals surface area contributed by atoms with E-state index in [0.717, 1.165) is 5.56 Å². The van der Waals surface area contributed by atoms with Gasteiger partial charge in [0.05, 0.1) is 16.8 Å². The molecule has 0 unspecified atom stereocenters. The lowest BCUT2D eigenvalue weighted by Crippen LogP contribution is -2.30. The number of carboxylic acid groups (broad SMARTS) is 1. The van der Waals surface area contributed by atoms with Crippen molar-refractivity contribution in [1.82, 2.24) is 0 Å². The molecule has 1 heterocycles. The van der Waals surface area contributed by atoms with Gasteiger partial charge in [0.1, 0.15) is 5.82 Å². The van der Waals surface area contributed by atoms with Gasteiger partial charge in [-0.25, -0.2) is 9.18 Å². The van der Waals surface area contributed by atoms with Crippen LogP contribution in [0.15, 0.2) is 42.5 Å². The van der Waals surface area contributed by atoms with Crippen LogP contribution < -0.4 is 4.90 Å². The summed E-state index contributed by atoms with van der Waals surface area (Å²) in [5, 5.41) is 9.17. The van der Waals surface area contributed by atoms with Crippen LogP contribution in [0.3, 0.4) is 0 Å². The molecule has 106 valence electrons. The molecule has 3 rings (SSSR count). The predicted octanol–water partition coefficient (Wildman–Crippen LogP) is 2.73. The number of carboxylic acids is 1. The summed E-state index contributed by atoms with van der Waals surface area (Å²) in [5.74, 6) is -1.99. The summed E-state index contributed by atoms with van der Waals surface area (Å²) >= 11 is 0. The first-order valence-corrected chi connectivity index (χ1v) is 6.50. The van der Waals surface area contributed by atoms with Gasteiger partial charge < -0.3 is 10.0 Å². The van der Waals surface area contributed by atoms with E-state index in [0.29, 0.717) is 18.7 Å². The summed E-state index contributed by atoms with van der Waals surface area (Å²) in [7, 11) is 0. The van der Waals surface area contributed by atoms with Gasteiger partial charge in [0.25, 0.3) is 5.91 Å². The van der Waals surface area contributed by atoms with E-state index < -0.39 is 17.7 Å². The Morgan fingerprint density at radius 3 is 2.52 bits per heavy atom. The first-order chi connectivity index (χ1) is 10.1. The molecule has 1 aliphatic rings. The average Bonchev–Trinajstić information content (AvgIpc) is 2.89. The van der Waals surface area contributed by atoms with Gasteiger partial charge in [-0.1, -0.05) is 18.2 Å². The number of carbonyl (C=O) groups is 2. The standard InChI is InChI=1S/C16H12FNO3/c17-11-6-5-10-7-8-18(14(10)9-11)15(19)12-3-1-2-4-13(12)16(20)21/h1-6,9H,7-8H2,(H,20,21). The smallest absolute Gasteiger partial charge is 0.336 e. The van der Waals surface area contributed by atoms with E-state index in [2.05, 4.69) is 0 Å². The third kappa shape index (κ3) is 2.27. The molecule has 0 bridgehead atoms. The maximum absolute atomic E-state index is 13.4. The summed E-state index contributed by atoms with van der Waals surface area (Å²) in [6.07, 6.45) is 0.636. The van der Waals surface area contributed by atoms with Gasteiger partial charge in [0.15, 0.2) is 0 Å². The van der Waals surface area contributed by atoms with Gasteiger partial charge in [0.2, 0.25) is 0 Å². The Morgan fingerprint density at radius 2 is 1.81 bits per heavy atom. The molecule has 0 saturated carbocycles. The number of halogens is 1. The number of rotatable bonds is 2. The number of hydrogen-bond acceptors (Lipinski definition) is 2. The lowest BCUT2D eigenvalue weighted by atomic mass is 10.1. The second-order valence-electron chi connectivity index (χ2n) is 4.83. The molecule has 0 aliphatic carbocycles. The highest BCUT2D eigenvalue weighted by atomic mass is 19.1. The second-order valence-corrected chi connectivity index (χ2v) is 4.83. The number of aromatic carboxylic acids is 1. The van der Waals surface area contributed by atoms with Crippen LogP contribution >= 0.6 is 0 Å². The molecular weight excluding hydrogens is 273 g/mol. The van der Waals surface area contributed by atoms with Crippen molar-refractivity contribution < 1.29 is 19.1 Å². The van der Waals surface area contributed by atoms with Crippen molar-refractivity contribution in [2.75, 3.05) is 11.4 Å². The van der Waals surface area contributed by atoms with Gasteiger partial charge >= 0.3 is 5.97 Å². The monoisotopic (exact) mass is 285 g/mol. The largest absolute Gasteiger partial charge is 0.478 e. The fourth-order valence-electron chi connectivity index (χ4n) is 2.56. The van der Waals surface area contributed by atoms with E-state index in [1.807, 2.05) is 0 Å². The van der Waals surface area contributed by atoms with Crippen LogP contribution in [-0.4, -0.2) is 23.5 Å². The quantitative estimate of drug-likeness (QED) is 0.923. The minimum absolute atomic E-state index is 0.0487. The van der Waals surface area contributed by atoms with Crippen LogP contribution in [-0.2, 0) is 6.42 Å². The van der Waals surface area contributed by atoms with Crippen LogP contribution in [0.1, 0.15) is 26.3 Å². The first kappa shape index (κ1) is 13.3. The maximum atomic E-state index is 13.4. The van der Waals surface area contributed by atoms with E-state index >= 15 is 0 Å². The Kier molecular flexibility index (Phi) is 3.17. The van der Waals surface area contributed by atoms with Crippen molar-refractivity contribution in [2.24, 2.45) is 0 Å². The molecule has 0 aromatic heterocycles. The van der Waals surface area contributed by atoms with Crippen molar-refractivity contribution in [3.05, 3.63) is 65.0 Å². The molecule has 4 nitrogen and oxygen atoms in total. The van der Waals surface area contributed by atoms with Gasteiger partial charge in [-0.15, -0.1) is 0 Å². The Bertz CT molecular complexity index is 742. The van der Waals surface area contributed by atoms with E-state index in [-0.39, 0.29) is 11.1 Å². The number of benzene rings is 2. The Hall–Kier alpha value is -2.69. The van der Waals surface area contributed by atoms with E-state index in [1.54, 1.807) is 18.2 Å². The Labute approximate surface area is 120 Å². The summed E-state index contributed by atoms with van der Waals surface area (Å²) in [6.45, 7) is 0.422. The molecule has 21 heavy (non-hydrogen) atoms. The zero-order valence-electron chi connectivity index (χ0n) is 11.0. The number of anilines is 1.